The van der Waals surface area contributed by atoms with Crippen LogP contribution in [0.2, 0.25) is 0 Å². The maximum Gasteiger partial charge on any atom is 0.219 e. The molecule has 2 aromatic heterocycles. The van der Waals surface area contributed by atoms with Crippen LogP contribution in [-0.4, -0.2) is 31.6 Å². The Morgan fingerprint density at radius 3 is 1.97 bits per heavy atom. The van der Waals surface area contributed by atoms with Gasteiger partial charge in [0.05, 0.1) is 17.6 Å². The number of aromatic nitrogens is 4. The number of nitrogens with two attached hydrogens (primary N) is 1. The summed E-state index contributed by atoms with van der Waals surface area (Å²) in [5.41, 5.74) is 7.36. The van der Waals surface area contributed by atoms with Crippen molar-refractivity contribution in [3.8, 4) is 11.4 Å². The van der Waals surface area contributed by atoms with Crippen molar-refractivity contribution in [3.05, 3.63) is 108 Å². The predicted molar refractivity (Wildman–Crippen MR) is 129 cm³/mol. The Balaban J connectivity index is 1.57. The van der Waals surface area contributed by atoms with Crippen LogP contribution < -0.4 is 11.1 Å². The predicted octanol–water partition coefficient (Wildman–Crippen LogP) is 4.02. The zero-order valence-electron chi connectivity index (χ0n) is 17.8. The summed E-state index contributed by atoms with van der Waals surface area (Å²) in [5.74, 6) is 1.27. The number of aliphatic hydroxyl groups is 1. The fraction of sp³-hybridized carbons (Fsp3) is 0.0769. The Bertz CT molecular complexity index is 1340. The van der Waals surface area contributed by atoms with Crippen molar-refractivity contribution >= 4 is 22.7 Å². The van der Waals surface area contributed by atoms with Gasteiger partial charge in [0.15, 0.2) is 5.82 Å². The second-order valence-electron chi connectivity index (χ2n) is 7.69. The Morgan fingerprint density at radius 2 is 1.33 bits per heavy atom. The van der Waals surface area contributed by atoms with Crippen molar-refractivity contribution < 1.29 is 5.11 Å². The van der Waals surface area contributed by atoms with Crippen molar-refractivity contribution in [1.82, 2.24) is 19.9 Å². The number of hydrogen-bond acceptors (Lipinski definition) is 7. The van der Waals surface area contributed by atoms with Gasteiger partial charge in [-0.15, -0.1) is 0 Å². The highest BCUT2D eigenvalue weighted by Crippen LogP contribution is 2.31. The Labute approximate surface area is 191 Å². The van der Waals surface area contributed by atoms with Crippen LogP contribution in [0.4, 0.5) is 11.8 Å². The summed E-state index contributed by atoms with van der Waals surface area (Å²) in [4.78, 5) is 17.5. The Kier molecular flexibility index (Phi) is 5.38. The molecule has 0 saturated heterocycles. The Morgan fingerprint density at radius 1 is 0.758 bits per heavy atom. The number of rotatable bonds is 6. The fourth-order valence-corrected chi connectivity index (χ4v) is 3.80. The number of hydrogen-bond donors (Lipinski definition) is 3. The molecule has 5 rings (SSSR count). The van der Waals surface area contributed by atoms with Crippen molar-refractivity contribution in [2.24, 2.45) is 0 Å². The first-order valence-corrected chi connectivity index (χ1v) is 10.6. The molecule has 0 unspecified atom stereocenters. The van der Waals surface area contributed by atoms with Gasteiger partial charge in [-0.1, -0.05) is 72.8 Å². The second kappa shape index (κ2) is 8.64. The summed E-state index contributed by atoms with van der Waals surface area (Å²) in [6, 6.07) is 27.0. The third kappa shape index (κ3) is 4.09. The molecule has 0 spiro atoms. The molecule has 0 aliphatic rings. The molecule has 0 radical (unpaired) electrons. The normalized spacial score (nSPS) is 11.4. The van der Waals surface area contributed by atoms with Gasteiger partial charge >= 0.3 is 0 Å². The number of nitrogens with one attached hydrogen (secondary N) is 1. The summed E-state index contributed by atoms with van der Waals surface area (Å²) in [7, 11) is 0. The molecule has 4 N–H and O–H groups in total. The van der Waals surface area contributed by atoms with E-state index in [1.54, 1.807) is 12.4 Å². The van der Waals surface area contributed by atoms with Gasteiger partial charge in [-0.3, -0.25) is 0 Å². The summed E-state index contributed by atoms with van der Waals surface area (Å²) >= 11 is 0. The molecule has 2 heterocycles. The minimum absolute atomic E-state index is 0.189. The van der Waals surface area contributed by atoms with E-state index in [0.717, 1.165) is 22.0 Å². The fourth-order valence-electron chi connectivity index (χ4n) is 3.80. The van der Waals surface area contributed by atoms with Gasteiger partial charge in [-0.05, 0) is 23.3 Å². The molecule has 0 amide bonds. The van der Waals surface area contributed by atoms with Crippen LogP contribution >= 0.6 is 0 Å². The molecule has 7 nitrogen and oxygen atoms in total. The largest absolute Gasteiger partial charge is 0.379 e. The van der Waals surface area contributed by atoms with Crippen LogP contribution in [0.3, 0.4) is 0 Å². The highest BCUT2D eigenvalue weighted by molar-refractivity contribution is 5.90. The lowest BCUT2D eigenvalue weighted by molar-refractivity contribution is 0.0949. The van der Waals surface area contributed by atoms with Gasteiger partial charge < -0.3 is 16.2 Å². The van der Waals surface area contributed by atoms with Gasteiger partial charge in [0.2, 0.25) is 5.95 Å². The minimum Gasteiger partial charge on any atom is -0.379 e. The van der Waals surface area contributed by atoms with E-state index in [2.05, 4.69) is 20.3 Å². The molecule has 0 bridgehead atoms. The number of para-hydroxylation sites is 1. The quantitative estimate of drug-likeness (QED) is 0.370. The lowest BCUT2D eigenvalue weighted by Crippen LogP contribution is -2.35. The molecule has 0 aliphatic heterocycles. The van der Waals surface area contributed by atoms with Gasteiger partial charge in [0, 0.05) is 17.8 Å². The van der Waals surface area contributed by atoms with Gasteiger partial charge in [0.1, 0.15) is 11.4 Å². The molecule has 3 aromatic carbocycles. The maximum absolute atomic E-state index is 11.9. The van der Waals surface area contributed by atoms with E-state index in [1.807, 2.05) is 84.9 Å². The third-order valence-electron chi connectivity index (χ3n) is 5.55. The smallest absolute Gasteiger partial charge is 0.219 e. The first kappa shape index (κ1) is 20.5. The van der Waals surface area contributed by atoms with E-state index in [9.17, 15) is 5.11 Å². The average molecular weight is 435 g/mol. The van der Waals surface area contributed by atoms with E-state index in [-0.39, 0.29) is 12.5 Å². The van der Waals surface area contributed by atoms with Crippen LogP contribution in [0.1, 0.15) is 11.1 Å². The summed E-state index contributed by atoms with van der Waals surface area (Å²) in [6.07, 6.45) is 3.20. The van der Waals surface area contributed by atoms with E-state index >= 15 is 0 Å². The lowest BCUT2D eigenvalue weighted by Gasteiger charge is -2.30. The summed E-state index contributed by atoms with van der Waals surface area (Å²) in [6.45, 7) is 0.208. The summed E-state index contributed by atoms with van der Waals surface area (Å²) in [5, 5.41) is 16.1. The number of anilines is 2. The molecule has 7 heteroatoms. The molecule has 0 fully saturated rings. The monoisotopic (exact) mass is 434 g/mol. The van der Waals surface area contributed by atoms with Crippen molar-refractivity contribution in [2.45, 2.75) is 5.60 Å². The topological polar surface area (TPSA) is 110 Å². The second-order valence-corrected chi connectivity index (χ2v) is 7.69. The zero-order chi connectivity index (χ0) is 22.7. The molecule has 0 aliphatic carbocycles. The van der Waals surface area contributed by atoms with Crippen molar-refractivity contribution in [2.75, 3.05) is 17.6 Å². The van der Waals surface area contributed by atoms with Crippen molar-refractivity contribution in [3.63, 3.8) is 0 Å². The molecule has 162 valence electrons. The molecule has 0 atom stereocenters. The molecule has 5 aromatic rings. The molecule has 0 saturated carbocycles. The van der Waals surface area contributed by atoms with Crippen LogP contribution in [0.15, 0.2) is 97.3 Å². The van der Waals surface area contributed by atoms with Crippen LogP contribution in [-0.2, 0) is 5.60 Å². The van der Waals surface area contributed by atoms with E-state index in [0.29, 0.717) is 17.2 Å². The number of nitrogen functional groups attached to an aromatic ring is 1. The number of benzene rings is 3. The molecule has 33 heavy (non-hydrogen) atoms. The van der Waals surface area contributed by atoms with Gasteiger partial charge in [0.25, 0.3) is 0 Å². The SMILES string of the molecule is Nc1ncc(-c2nc(NCC(O)(c3ccccc3)c3ccccc3)c3ccccc3n2)cn1. The highest BCUT2D eigenvalue weighted by Gasteiger charge is 2.31. The number of fused-ring (bicyclic) bond motifs is 1. The van der Waals surface area contributed by atoms with E-state index < -0.39 is 5.60 Å². The van der Waals surface area contributed by atoms with Gasteiger partial charge in [-0.25, -0.2) is 19.9 Å². The van der Waals surface area contributed by atoms with Gasteiger partial charge in [-0.2, -0.15) is 0 Å². The zero-order valence-corrected chi connectivity index (χ0v) is 17.8. The standard InChI is InChI=1S/C26H22N6O/c27-25-28-15-18(16-29-25)23-31-22-14-8-7-13-21(22)24(32-23)30-17-26(33,19-9-3-1-4-10-19)20-11-5-2-6-12-20/h1-16,33H,17H2,(H2,27,28,29)(H,30,31,32). The van der Waals surface area contributed by atoms with Crippen molar-refractivity contribution in [1.29, 1.82) is 0 Å². The van der Waals surface area contributed by atoms with E-state index in [4.69, 9.17) is 10.7 Å². The summed E-state index contributed by atoms with van der Waals surface area (Å²) < 4.78 is 0. The minimum atomic E-state index is -1.26. The first-order valence-electron chi connectivity index (χ1n) is 10.6. The molecular weight excluding hydrogens is 412 g/mol. The van der Waals surface area contributed by atoms with Crippen LogP contribution in [0.25, 0.3) is 22.3 Å². The van der Waals surface area contributed by atoms with Crippen LogP contribution in [0.5, 0.6) is 0 Å². The maximum atomic E-state index is 11.9. The Hall–Kier alpha value is -4.36. The third-order valence-corrected chi connectivity index (χ3v) is 5.55. The highest BCUT2D eigenvalue weighted by atomic mass is 16.3. The first-order chi connectivity index (χ1) is 16.1. The van der Waals surface area contributed by atoms with Crippen LogP contribution in [0, 0.1) is 0 Å². The lowest BCUT2D eigenvalue weighted by atomic mass is 9.86. The van der Waals surface area contributed by atoms with E-state index in [1.165, 1.54) is 0 Å². The molecular formula is C26H22N6O. The number of nitrogens with zero attached hydrogens (tertiary/aromatic N) is 4. The average Bonchev–Trinajstić information content (AvgIpc) is 2.88.